The van der Waals surface area contributed by atoms with Gasteiger partial charge in [-0.05, 0) is 36.8 Å². The van der Waals surface area contributed by atoms with Gasteiger partial charge in [-0.3, -0.25) is 14.4 Å². The smallest absolute Gasteiger partial charge is 0.310 e. The Balaban J connectivity index is 1.86. The van der Waals surface area contributed by atoms with Crippen LogP contribution in [0.25, 0.3) is 0 Å². The van der Waals surface area contributed by atoms with Crippen LogP contribution >= 0.6 is 0 Å². The molecular formula is C18H16FNO4. The minimum Gasteiger partial charge on any atom is -0.455 e. The Morgan fingerprint density at radius 1 is 1.04 bits per heavy atom. The van der Waals surface area contributed by atoms with Gasteiger partial charge in [-0.1, -0.05) is 24.3 Å². The van der Waals surface area contributed by atoms with Crippen molar-refractivity contribution >= 4 is 23.3 Å². The number of Topliss-reactive ketones (excluding diaryl/α,β-unsaturated/α-hetero) is 1. The number of ether oxygens (including phenoxy) is 1. The first kappa shape index (κ1) is 17.3. The van der Waals surface area contributed by atoms with Gasteiger partial charge in [-0.25, -0.2) is 4.39 Å². The number of nitrogens with one attached hydrogen (secondary N) is 1. The molecule has 0 saturated carbocycles. The summed E-state index contributed by atoms with van der Waals surface area (Å²) >= 11 is 0. The Kier molecular flexibility index (Phi) is 5.78. The predicted molar refractivity (Wildman–Crippen MR) is 86.1 cm³/mol. The van der Waals surface area contributed by atoms with Gasteiger partial charge >= 0.3 is 5.97 Å². The number of carbonyl (C=O) groups excluding carboxylic acids is 3. The van der Waals surface area contributed by atoms with Gasteiger partial charge in [-0.2, -0.15) is 0 Å². The summed E-state index contributed by atoms with van der Waals surface area (Å²) in [5, 5.41) is 2.53. The number of hydrogen-bond acceptors (Lipinski definition) is 4. The number of para-hydroxylation sites is 1. The number of anilines is 1. The largest absolute Gasteiger partial charge is 0.455 e. The Morgan fingerprint density at radius 3 is 2.38 bits per heavy atom. The molecule has 24 heavy (non-hydrogen) atoms. The van der Waals surface area contributed by atoms with E-state index in [1.807, 2.05) is 0 Å². The molecule has 0 unspecified atom stereocenters. The fraction of sp³-hybridized carbons (Fsp3) is 0.167. The highest BCUT2D eigenvalue weighted by Gasteiger charge is 2.12. The van der Waals surface area contributed by atoms with Crippen LogP contribution in [0.5, 0.6) is 0 Å². The van der Waals surface area contributed by atoms with Crippen molar-refractivity contribution in [3.8, 4) is 0 Å². The summed E-state index contributed by atoms with van der Waals surface area (Å²) in [5.41, 5.74) is 1.33. The molecule has 0 radical (unpaired) electrons. The van der Waals surface area contributed by atoms with Crippen molar-refractivity contribution < 1.29 is 23.5 Å². The number of hydrogen-bond donors (Lipinski definition) is 1. The highest BCUT2D eigenvalue weighted by Crippen LogP contribution is 2.15. The van der Waals surface area contributed by atoms with Gasteiger partial charge in [0.25, 0.3) is 5.91 Å². The van der Waals surface area contributed by atoms with E-state index in [2.05, 4.69) is 5.32 Å². The molecule has 2 aromatic carbocycles. The molecule has 1 amide bonds. The molecular weight excluding hydrogens is 313 g/mol. The quantitative estimate of drug-likeness (QED) is 0.653. The van der Waals surface area contributed by atoms with E-state index in [4.69, 9.17) is 4.74 Å². The standard InChI is InChI=1S/C18H16FNO4/c1-12(21)15-4-2-3-5-16(15)20-17(22)11-24-18(23)10-13-6-8-14(19)9-7-13/h2-9H,10-11H2,1H3,(H,20,22). The van der Waals surface area contributed by atoms with Crippen LogP contribution < -0.4 is 5.32 Å². The van der Waals surface area contributed by atoms with E-state index in [0.29, 0.717) is 16.8 Å². The molecule has 124 valence electrons. The maximum Gasteiger partial charge on any atom is 0.310 e. The molecule has 5 nitrogen and oxygen atoms in total. The predicted octanol–water partition coefficient (Wildman–Crippen LogP) is 2.75. The third kappa shape index (κ3) is 5.01. The lowest BCUT2D eigenvalue weighted by Gasteiger charge is -2.09. The second kappa shape index (κ2) is 8.01. The summed E-state index contributed by atoms with van der Waals surface area (Å²) in [5.74, 6) is -1.72. The lowest BCUT2D eigenvalue weighted by molar-refractivity contribution is -0.146. The van der Waals surface area contributed by atoms with Gasteiger partial charge in [-0.15, -0.1) is 0 Å². The Bertz CT molecular complexity index is 756. The second-order valence-electron chi connectivity index (χ2n) is 5.11. The number of halogens is 1. The number of carbonyl (C=O) groups is 3. The first-order valence-electron chi connectivity index (χ1n) is 7.25. The fourth-order valence-corrected chi connectivity index (χ4v) is 2.05. The Morgan fingerprint density at radius 2 is 1.71 bits per heavy atom. The van der Waals surface area contributed by atoms with Crippen molar-refractivity contribution in [2.24, 2.45) is 0 Å². The van der Waals surface area contributed by atoms with Crippen molar-refractivity contribution in [1.29, 1.82) is 0 Å². The third-order valence-electron chi connectivity index (χ3n) is 3.21. The molecule has 0 aliphatic rings. The molecule has 2 aromatic rings. The maximum absolute atomic E-state index is 12.8. The van der Waals surface area contributed by atoms with Crippen LogP contribution in [0.15, 0.2) is 48.5 Å². The normalized spacial score (nSPS) is 10.1. The van der Waals surface area contributed by atoms with Crippen LogP contribution in [-0.2, 0) is 20.7 Å². The van der Waals surface area contributed by atoms with Crippen LogP contribution in [0.2, 0.25) is 0 Å². The zero-order valence-electron chi connectivity index (χ0n) is 13.0. The van der Waals surface area contributed by atoms with E-state index >= 15 is 0 Å². The van der Waals surface area contributed by atoms with E-state index in [9.17, 15) is 18.8 Å². The molecule has 0 spiro atoms. The summed E-state index contributed by atoms with van der Waals surface area (Å²) in [6.45, 7) is 0.931. The first-order valence-corrected chi connectivity index (χ1v) is 7.25. The number of esters is 1. The second-order valence-corrected chi connectivity index (χ2v) is 5.11. The van der Waals surface area contributed by atoms with E-state index in [1.165, 1.54) is 31.2 Å². The average molecular weight is 329 g/mol. The molecule has 6 heteroatoms. The Hall–Kier alpha value is -3.02. The molecule has 0 bridgehead atoms. The van der Waals surface area contributed by atoms with Gasteiger partial charge in [0.15, 0.2) is 12.4 Å². The topological polar surface area (TPSA) is 72.5 Å². The molecule has 2 rings (SSSR count). The summed E-state index contributed by atoms with van der Waals surface area (Å²) in [7, 11) is 0. The van der Waals surface area contributed by atoms with E-state index < -0.39 is 24.3 Å². The van der Waals surface area contributed by atoms with Crippen LogP contribution in [0.1, 0.15) is 22.8 Å². The molecule has 0 aromatic heterocycles. The summed E-state index contributed by atoms with van der Waals surface area (Å²) < 4.78 is 17.7. The number of rotatable bonds is 6. The lowest BCUT2D eigenvalue weighted by atomic mass is 10.1. The monoisotopic (exact) mass is 329 g/mol. The van der Waals surface area contributed by atoms with Gasteiger partial charge in [0.1, 0.15) is 5.82 Å². The maximum atomic E-state index is 12.8. The van der Waals surface area contributed by atoms with Crippen molar-refractivity contribution in [2.45, 2.75) is 13.3 Å². The van der Waals surface area contributed by atoms with Crippen molar-refractivity contribution in [3.05, 3.63) is 65.5 Å². The SMILES string of the molecule is CC(=O)c1ccccc1NC(=O)COC(=O)Cc1ccc(F)cc1. The third-order valence-corrected chi connectivity index (χ3v) is 3.21. The molecule has 0 aliphatic heterocycles. The number of amides is 1. The molecule has 0 aliphatic carbocycles. The summed E-state index contributed by atoms with van der Waals surface area (Å²) in [4.78, 5) is 35.0. The number of benzene rings is 2. The van der Waals surface area contributed by atoms with Crippen LogP contribution in [0.3, 0.4) is 0 Å². The molecule has 0 fully saturated rings. The number of ketones is 1. The summed E-state index contributed by atoms with van der Waals surface area (Å²) in [6, 6.07) is 12.0. The highest BCUT2D eigenvalue weighted by atomic mass is 19.1. The minimum atomic E-state index is -0.600. The van der Waals surface area contributed by atoms with Gasteiger partial charge in [0.2, 0.25) is 0 Å². The van der Waals surface area contributed by atoms with Gasteiger partial charge in [0.05, 0.1) is 12.1 Å². The lowest BCUT2D eigenvalue weighted by Crippen LogP contribution is -2.22. The van der Waals surface area contributed by atoms with Gasteiger partial charge < -0.3 is 10.1 Å². The van der Waals surface area contributed by atoms with Crippen LogP contribution in [0.4, 0.5) is 10.1 Å². The van der Waals surface area contributed by atoms with Crippen molar-refractivity contribution in [3.63, 3.8) is 0 Å². The van der Waals surface area contributed by atoms with Crippen molar-refractivity contribution in [2.75, 3.05) is 11.9 Å². The highest BCUT2D eigenvalue weighted by molar-refractivity contribution is 6.04. The molecule has 0 atom stereocenters. The van der Waals surface area contributed by atoms with Crippen LogP contribution in [-0.4, -0.2) is 24.3 Å². The van der Waals surface area contributed by atoms with E-state index in [0.717, 1.165) is 0 Å². The minimum absolute atomic E-state index is 0.0579. The first-order chi connectivity index (χ1) is 11.5. The molecule has 0 heterocycles. The zero-order chi connectivity index (χ0) is 17.5. The molecule has 1 N–H and O–H groups in total. The Labute approximate surface area is 138 Å². The zero-order valence-corrected chi connectivity index (χ0v) is 13.0. The van der Waals surface area contributed by atoms with Crippen molar-refractivity contribution in [1.82, 2.24) is 0 Å². The van der Waals surface area contributed by atoms with E-state index in [-0.39, 0.29) is 12.2 Å². The molecule has 0 saturated heterocycles. The summed E-state index contributed by atoms with van der Waals surface area (Å²) in [6.07, 6.45) is -0.0579. The average Bonchev–Trinajstić information content (AvgIpc) is 2.55. The van der Waals surface area contributed by atoms with Gasteiger partial charge in [0, 0.05) is 5.56 Å². The van der Waals surface area contributed by atoms with Crippen LogP contribution in [0, 0.1) is 5.82 Å². The van der Waals surface area contributed by atoms with E-state index in [1.54, 1.807) is 24.3 Å². The fourth-order valence-electron chi connectivity index (χ4n) is 2.05.